The van der Waals surface area contributed by atoms with E-state index in [-0.39, 0.29) is 6.79 Å². The number of anilines is 1. The quantitative estimate of drug-likeness (QED) is 0.588. The second-order valence-electron chi connectivity index (χ2n) is 6.30. The number of fused-ring (bicyclic) bond motifs is 1. The molecule has 5 nitrogen and oxygen atoms in total. The van der Waals surface area contributed by atoms with E-state index in [2.05, 4.69) is 5.32 Å². The van der Waals surface area contributed by atoms with Gasteiger partial charge in [0.15, 0.2) is 23.0 Å². The summed E-state index contributed by atoms with van der Waals surface area (Å²) in [7, 11) is 1.61. The van der Waals surface area contributed by atoms with Crippen molar-refractivity contribution in [3.05, 3.63) is 76.8 Å². The van der Waals surface area contributed by atoms with Crippen LogP contribution < -0.4 is 24.3 Å². The van der Waals surface area contributed by atoms with Gasteiger partial charge in [-0.1, -0.05) is 41.9 Å². The molecule has 1 N–H and O–H groups in total. The van der Waals surface area contributed by atoms with Crippen molar-refractivity contribution in [1.82, 2.24) is 0 Å². The van der Waals surface area contributed by atoms with Crippen LogP contribution in [-0.2, 0) is 13.2 Å². The van der Waals surface area contributed by atoms with E-state index in [0.717, 1.165) is 28.3 Å². The fourth-order valence-corrected chi connectivity index (χ4v) is 3.24. The summed E-state index contributed by atoms with van der Waals surface area (Å²) >= 11 is 6.47. The van der Waals surface area contributed by atoms with E-state index in [1.165, 1.54) is 0 Å². The summed E-state index contributed by atoms with van der Waals surface area (Å²) in [5.41, 5.74) is 2.98. The molecule has 3 aromatic rings. The number of ether oxygens (including phenoxy) is 4. The highest BCUT2D eigenvalue weighted by Gasteiger charge is 2.15. The van der Waals surface area contributed by atoms with Crippen molar-refractivity contribution < 1.29 is 18.9 Å². The van der Waals surface area contributed by atoms with Crippen molar-refractivity contribution in [2.75, 3.05) is 19.2 Å². The van der Waals surface area contributed by atoms with Gasteiger partial charge >= 0.3 is 0 Å². The Labute approximate surface area is 168 Å². The lowest BCUT2D eigenvalue weighted by molar-refractivity contribution is 0.174. The number of hydrogen-bond donors (Lipinski definition) is 1. The first-order chi connectivity index (χ1) is 13.7. The van der Waals surface area contributed by atoms with Gasteiger partial charge in [0, 0.05) is 18.3 Å². The molecule has 0 radical (unpaired) electrons. The maximum Gasteiger partial charge on any atom is 0.231 e. The standard InChI is InChI=1S/C22H20ClNO4/c1-25-21-10-16(12-24-17-7-8-19-20(11-17)28-14-27-19)9-18(23)22(21)26-13-15-5-3-2-4-6-15/h2-11,24H,12-14H2,1H3. The summed E-state index contributed by atoms with van der Waals surface area (Å²) in [6.07, 6.45) is 0. The highest BCUT2D eigenvalue weighted by molar-refractivity contribution is 6.32. The lowest BCUT2D eigenvalue weighted by Gasteiger charge is -2.15. The molecule has 28 heavy (non-hydrogen) atoms. The van der Waals surface area contributed by atoms with Crippen LogP contribution in [0.3, 0.4) is 0 Å². The average molecular weight is 398 g/mol. The largest absolute Gasteiger partial charge is 0.493 e. The normalized spacial score (nSPS) is 11.9. The summed E-state index contributed by atoms with van der Waals surface area (Å²) in [6, 6.07) is 19.5. The lowest BCUT2D eigenvalue weighted by atomic mass is 10.2. The summed E-state index contributed by atoms with van der Waals surface area (Å²) in [5, 5.41) is 3.87. The second kappa shape index (κ2) is 8.31. The van der Waals surface area contributed by atoms with Gasteiger partial charge in [0.05, 0.1) is 12.1 Å². The zero-order valence-electron chi connectivity index (χ0n) is 15.4. The van der Waals surface area contributed by atoms with Gasteiger partial charge in [-0.2, -0.15) is 0 Å². The summed E-state index contributed by atoms with van der Waals surface area (Å²) in [6.45, 7) is 1.26. The molecule has 1 aliphatic rings. The zero-order valence-corrected chi connectivity index (χ0v) is 16.2. The molecule has 0 bridgehead atoms. The van der Waals surface area contributed by atoms with Gasteiger partial charge in [-0.05, 0) is 35.4 Å². The fraction of sp³-hybridized carbons (Fsp3) is 0.182. The minimum Gasteiger partial charge on any atom is -0.493 e. The third kappa shape index (κ3) is 4.10. The molecule has 4 rings (SSSR count). The maximum absolute atomic E-state index is 6.47. The van der Waals surface area contributed by atoms with Crippen LogP contribution in [0.15, 0.2) is 60.7 Å². The van der Waals surface area contributed by atoms with Gasteiger partial charge in [-0.15, -0.1) is 0 Å². The molecular formula is C22H20ClNO4. The predicted octanol–water partition coefficient (Wildman–Crippen LogP) is 5.27. The molecule has 6 heteroatoms. The van der Waals surface area contributed by atoms with Crippen molar-refractivity contribution in [1.29, 1.82) is 0 Å². The van der Waals surface area contributed by atoms with Gasteiger partial charge in [-0.3, -0.25) is 0 Å². The van der Waals surface area contributed by atoms with Crippen LogP contribution in [-0.4, -0.2) is 13.9 Å². The fourth-order valence-electron chi connectivity index (χ4n) is 2.96. The minimum atomic E-state index is 0.260. The van der Waals surface area contributed by atoms with Crippen molar-refractivity contribution in [2.24, 2.45) is 0 Å². The molecule has 0 spiro atoms. The van der Waals surface area contributed by atoms with Crippen LogP contribution in [0, 0.1) is 0 Å². The molecule has 1 heterocycles. The maximum atomic E-state index is 6.47. The molecule has 0 aromatic heterocycles. The van der Waals surface area contributed by atoms with Gasteiger partial charge in [0.2, 0.25) is 6.79 Å². The molecule has 144 valence electrons. The average Bonchev–Trinajstić information content (AvgIpc) is 3.19. The van der Waals surface area contributed by atoms with E-state index in [9.17, 15) is 0 Å². The Hall–Kier alpha value is -3.05. The molecule has 1 aliphatic heterocycles. The summed E-state index contributed by atoms with van der Waals surface area (Å²) in [4.78, 5) is 0. The van der Waals surface area contributed by atoms with E-state index >= 15 is 0 Å². The van der Waals surface area contributed by atoms with Gasteiger partial charge in [0.25, 0.3) is 0 Å². The Bertz CT molecular complexity index is 962. The Morgan fingerprint density at radius 3 is 2.61 bits per heavy atom. The third-order valence-corrected chi connectivity index (χ3v) is 4.67. The van der Waals surface area contributed by atoms with E-state index < -0.39 is 0 Å². The Balaban J connectivity index is 1.45. The molecule has 0 saturated carbocycles. The number of halogens is 1. The number of hydrogen-bond acceptors (Lipinski definition) is 5. The van der Waals surface area contributed by atoms with Gasteiger partial charge < -0.3 is 24.3 Å². The van der Waals surface area contributed by atoms with Crippen molar-refractivity contribution in [2.45, 2.75) is 13.2 Å². The van der Waals surface area contributed by atoms with Crippen molar-refractivity contribution in [3.63, 3.8) is 0 Å². The predicted molar refractivity (Wildman–Crippen MR) is 109 cm³/mol. The van der Waals surface area contributed by atoms with Gasteiger partial charge in [0.1, 0.15) is 6.61 Å². The lowest BCUT2D eigenvalue weighted by Crippen LogP contribution is -2.02. The Morgan fingerprint density at radius 2 is 1.79 bits per heavy atom. The molecule has 0 fully saturated rings. The molecule has 3 aromatic carbocycles. The molecule has 0 amide bonds. The Kier molecular flexibility index (Phi) is 5.44. The topological polar surface area (TPSA) is 49.0 Å². The van der Waals surface area contributed by atoms with E-state index in [1.54, 1.807) is 7.11 Å². The van der Waals surface area contributed by atoms with Crippen LogP contribution in [0.4, 0.5) is 5.69 Å². The highest BCUT2D eigenvalue weighted by Crippen LogP contribution is 2.38. The van der Waals surface area contributed by atoms with E-state index in [0.29, 0.717) is 29.7 Å². The highest BCUT2D eigenvalue weighted by atomic mass is 35.5. The van der Waals surface area contributed by atoms with Crippen LogP contribution in [0.1, 0.15) is 11.1 Å². The number of nitrogens with one attached hydrogen (secondary N) is 1. The first-order valence-corrected chi connectivity index (χ1v) is 9.27. The van der Waals surface area contributed by atoms with Crippen LogP contribution in [0.2, 0.25) is 5.02 Å². The van der Waals surface area contributed by atoms with Crippen molar-refractivity contribution in [3.8, 4) is 23.0 Å². The molecule has 0 aliphatic carbocycles. The molecule has 0 unspecified atom stereocenters. The molecule has 0 saturated heterocycles. The molecular weight excluding hydrogens is 378 g/mol. The summed E-state index contributed by atoms with van der Waals surface area (Å²) < 4.78 is 22.1. The zero-order chi connectivity index (χ0) is 19.3. The van der Waals surface area contributed by atoms with Crippen molar-refractivity contribution >= 4 is 17.3 Å². The first kappa shape index (κ1) is 18.3. The van der Waals surface area contributed by atoms with Crippen LogP contribution in [0.25, 0.3) is 0 Å². The van der Waals surface area contributed by atoms with Gasteiger partial charge in [-0.25, -0.2) is 0 Å². The van der Waals surface area contributed by atoms with Crippen LogP contribution >= 0.6 is 11.6 Å². The number of methoxy groups -OCH3 is 1. The van der Waals surface area contributed by atoms with Crippen LogP contribution in [0.5, 0.6) is 23.0 Å². The number of rotatable bonds is 7. The first-order valence-electron chi connectivity index (χ1n) is 8.89. The van der Waals surface area contributed by atoms with E-state index in [1.807, 2.05) is 60.7 Å². The third-order valence-electron chi connectivity index (χ3n) is 4.38. The summed E-state index contributed by atoms with van der Waals surface area (Å²) in [5.74, 6) is 2.64. The number of benzene rings is 3. The molecule has 0 atom stereocenters. The second-order valence-corrected chi connectivity index (χ2v) is 6.71. The Morgan fingerprint density at radius 1 is 0.964 bits per heavy atom. The monoisotopic (exact) mass is 397 g/mol. The smallest absolute Gasteiger partial charge is 0.231 e. The minimum absolute atomic E-state index is 0.260. The van der Waals surface area contributed by atoms with E-state index in [4.69, 9.17) is 30.5 Å². The SMILES string of the molecule is COc1cc(CNc2ccc3c(c2)OCO3)cc(Cl)c1OCc1ccccc1.